The molecule has 0 bridgehead atoms. The number of methoxy groups -OCH3 is 2. The van der Waals surface area contributed by atoms with Crippen LogP contribution in [0.25, 0.3) is 0 Å². The lowest BCUT2D eigenvalue weighted by Gasteiger charge is -2.13. The molecule has 31 heavy (non-hydrogen) atoms. The molecule has 2 N–H and O–H groups in total. The first-order valence-electron chi connectivity index (χ1n) is 9.51. The molecule has 0 aliphatic carbocycles. The third-order valence-electron chi connectivity index (χ3n) is 4.71. The Labute approximate surface area is 182 Å². The Kier molecular flexibility index (Phi) is 6.81. The van der Waals surface area contributed by atoms with Gasteiger partial charge in [-0.3, -0.25) is 9.52 Å². The van der Waals surface area contributed by atoms with Crippen molar-refractivity contribution >= 4 is 21.6 Å². The Morgan fingerprint density at radius 2 is 1.45 bits per heavy atom. The molecule has 0 aromatic heterocycles. The number of benzene rings is 3. The molecule has 3 rings (SSSR count). The molecule has 3 aromatic carbocycles. The summed E-state index contributed by atoms with van der Waals surface area (Å²) in [6, 6.07) is 18.3. The first-order valence-corrected chi connectivity index (χ1v) is 11.0. The van der Waals surface area contributed by atoms with Gasteiger partial charge in [0, 0.05) is 12.1 Å². The third-order valence-corrected chi connectivity index (χ3v) is 6.10. The fraction of sp³-hybridized carbons (Fsp3) is 0.174. The number of hydrogen-bond acceptors (Lipinski definition) is 5. The summed E-state index contributed by atoms with van der Waals surface area (Å²) < 4.78 is 38.0. The van der Waals surface area contributed by atoms with Crippen LogP contribution in [0.15, 0.2) is 71.6 Å². The molecule has 0 saturated carbocycles. The first kappa shape index (κ1) is 22.2. The topological polar surface area (TPSA) is 93.7 Å². The van der Waals surface area contributed by atoms with E-state index >= 15 is 0 Å². The summed E-state index contributed by atoms with van der Waals surface area (Å²) in [6.07, 6.45) is 0. The molecule has 3 aromatic rings. The lowest BCUT2D eigenvalue weighted by Crippen LogP contribution is -2.23. The molecule has 0 heterocycles. The van der Waals surface area contributed by atoms with E-state index in [0.29, 0.717) is 29.1 Å². The number of amides is 1. The lowest BCUT2D eigenvalue weighted by atomic mass is 10.1. The SMILES string of the molecule is COc1ccc(CNC(=O)c2ccc(NS(=O)(=O)c3ccc(OC)cc3)c(C)c2)cc1. The van der Waals surface area contributed by atoms with Gasteiger partial charge in [0.15, 0.2) is 0 Å². The lowest BCUT2D eigenvalue weighted by molar-refractivity contribution is 0.0951. The summed E-state index contributed by atoms with van der Waals surface area (Å²) in [5.41, 5.74) is 2.42. The van der Waals surface area contributed by atoms with E-state index in [2.05, 4.69) is 10.0 Å². The van der Waals surface area contributed by atoms with Crippen LogP contribution in [0.2, 0.25) is 0 Å². The van der Waals surface area contributed by atoms with Gasteiger partial charge >= 0.3 is 0 Å². The summed E-state index contributed by atoms with van der Waals surface area (Å²) in [5.74, 6) is 1.07. The van der Waals surface area contributed by atoms with Crippen LogP contribution in [0.3, 0.4) is 0 Å². The van der Waals surface area contributed by atoms with E-state index < -0.39 is 10.0 Å². The van der Waals surface area contributed by atoms with Gasteiger partial charge in [0.1, 0.15) is 11.5 Å². The van der Waals surface area contributed by atoms with Crippen molar-refractivity contribution in [3.8, 4) is 11.5 Å². The van der Waals surface area contributed by atoms with Crippen LogP contribution in [0.5, 0.6) is 11.5 Å². The minimum atomic E-state index is -3.76. The fourth-order valence-corrected chi connectivity index (χ4v) is 4.04. The van der Waals surface area contributed by atoms with Crippen molar-refractivity contribution in [1.29, 1.82) is 0 Å². The number of hydrogen-bond donors (Lipinski definition) is 2. The largest absolute Gasteiger partial charge is 0.497 e. The van der Waals surface area contributed by atoms with Gasteiger partial charge in [0.25, 0.3) is 15.9 Å². The second-order valence-electron chi connectivity index (χ2n) is 6.84. The van der Waals surface area contributed by atoms with Crippen LogP contribution in [0.4, 0.5) is 5.69 Å². The number of sulfonamides is 1. The Morgan fingerprint density at radius 1 is 0.871 bits per heavy atom. The maximum absolute atomic E-state index is 12.6. The van der Waals surface area contributed by atoms with Gasteiger partial charge in [-0.15, -0.1) is 0 Å². The molecule has 0 spiro atoms. The van der Waals surface area contributed by atoms with Crippen molar-refractivity contribution in [1.82, 2.24) is 5.32 Å². The number of ether oxygens (including phenoxy) is 2. The van der Waals surface area contributed by atoms with E-state index in [1.165, 1.54) is 19.2 Å². The van der Waals surface area contributed by atoms with Crippen molar-refractivity contribution in [3.63, 3.8) is 0 Å². The third kappa shape index (κ3) is 5.55. The van der Waals surface area contributed by atoms with Crippen LogP contribution in [-0.2, 0) is 16.6 Å². The quantitative estimate of drug-likeness (QED) is 0.557. The molecule has 0 atom stereocenters. The smallest absolute Gasteiger partial charge is 0.261 e. The summed E-state index contributed by atoms with van der Waals surface area (Å²) in [5, 5.41) is 2.85. The molecule has 8 heteroatoms. The second kappa shape index (κ2) is 9.53. The number of anilines is 1. The van der Waals surface area contributed by atoms with Crippen molar-refractivity contribution < 1.29 is 22.7 Å². The van der Waals surface area contributed by atoms with Gasteiger partial charge in [-0.2, -0.15) is 0 Å². The predicted molar refractivity (Wildman–Crippen MR) is 119 cm³/mol. The Morgan fingerprint density at radius 3 is 2.00 bits per heavy atom. The highest BCUT2D eigenvalue weighted by molar-refractivity contribution is 7.92. The molecule has 0 aliphatic rings. The Bertz CT molecular complexity index is 1160. The van der Waals surface area contributed by atoms with E-state index in [1.54, 1.807) is 44.4 Å². The fourth-order valence-electron chi connectivity index (χ4n) is 2.91. The molecule has 0 unspecified atom stereocenters. The Hall–Kier alpha value is -3.52. The van der Waals surface area contributed by atoms with Crippen molar-refractivity contribution in [2.24, 2.45) is 0 Å². The summed E-state index contributed by atoms with van der Waals surface area (Å²) >= 11 is 0. The molecular weight excluding hydrogens is 416 g/mol. The van der Waals surface area contributed by atoms with Gasteiger partial charge in [0.2, 0.25) is 0 Å². The molecule has 162 valence electrons. The second-order valence-corrected chi connectivity index (χ2v) is 8.52. The molecule has 0 fully saturated rings. The van der Waals surface area contributed by atoms with Crippen LogP contribution in [-0.4, -0.2) is 28.5 Å². The number of aryl methyl sites for hydroxylation is 1. The molecular formula is C23H24N2O5S. The minimum absolute atomic E-state index is 0.119. The van der Waals surface area contributed by atoms with Crippen molar-refractivity contribution in [2.75, 3.05) is 18.9 Å². The normalized spacial score (nSPS) is 10.9. The van der Waals surface area contributed by atoms with E-state index in [9.17, 15) is 13.2 Å². The zero-order valence-electron chi connectivity index (χ0n) is 17.5. The van der Waals surface area contributed by atoms with Crippen LogP contribution < -0.4 is 19.5 Å². The van der Waals surface area contributed by atoms with E-state index in [0.717, 1.165) is 11.3 Å². The van der Waals surface area contributed by atoms with E-state index in [4.69, 9.17) is 9.47 Å². The van der Waals surface area contributed by atoms with Crippen LogP contribution in [0, 0.1) is 6.92 Å². The minimum Gasteiger partial charge on any atom is -0.497 e. The summed E-state index contributed by atoms with van der Waals surface area (Å²) in [4.78, 5) is 12.6. The maximum Gasteiger partial charge on any atom is 0.261 e. The zero-order valence-corrected chi connectivity index (χ0v) is 18.3. The highest BCUT2D eigenvalue weighted by Crippen LogP contribution is 2.22. The number of rotatable bonds is 8. The van der Waals surface area contributed by atoms with Gasteiger partial charge in [0.05, 0.1) is 24.8 Å². The predicted octanol–water partition coefficient (Wildman–Crippen LogP) is 3.74. The summed E-state index contributed by atoms with van der Waals surface area (Å²) in [6.45, 7) is 2.11. The molecule has 0 aliphatic heterocycles. The van der Waals surface area contributed by atoms with Crippen LogP contribution >= 0.6 is 0 Å². The van der Waals surface area contributed by atoms with Crippen LogP contribution in [0.1, 0.15) is 21.5 Å². The monoisotopic (exact) mass is 440 g/mol. The summed E-state index contributed by atoms with van der Waals surface area (Å²) in [7, 11) is -0.651. The molecule has 1 amide bonds. The number of carbonyl (C=O) groups excluding carboxylic acids is 1. The van der Waals surface area contributed by atoms with Gasteiger partial charge in [-0.25, -0.2) is 8.42 Å². The molecule has 0 radical (unpaired) electrons. The average Bonchev–Trinajstić information content (AvgIpc) is 2.79. The first-order chi connectivity index (χ1) is 14.8. The van der Waals surface area contributed by atoms with Gasteiger partial charge < -0.3 is 14.8 Å². The average molecular weight is 441 g/mol. The Balaban J connectivity index is 1.67. The maximum atomic E-state index is 12.6. The van der Waals surface area contributed by atoms with Crippen molar-refractivity contribution in [2.45, 2.75) is 18.4 Å². The standard InChI is InChI=1S/C23H24N2O5S/c1-16-14-18(23(26)24-15-17-4-7-19(29-2)8-5-17)6-13-22(16)25-31(27,28)21-11-9-20(30-3)10-12-21/h4-14,25H,15H2,1-3H3,(H,24,26). The van der Waals surface area contributed by atoms with E-state index in [1.807, 2.05) is 24.3 Å². The highest BCUT2D eigenvalue weighted by Gasteiger charge is 2.16. The number of nitrogens with one attached hydrogen (secondary N) is 2. The van der Waals surface area contributed by atoms with Gasteiger partial charge in [-0.1, -0.05) is 12.1 Å². The van der Waals surface area contributed by atoms with E-state index in [-0.39, 0.29) is 10.8 Å². The zero-order chi connectivity index (χ0) is 22.4. The number of carbonyl (C=O) groups is 1. The van der Waals surface area contributed by atoms with Gasteiger partial charge in [-0.05, 0) is 72.6 Å². The molecule has 0 saturated heterocycles. The molecule has 7 nitrogen and oxygen atoms in total. The highest BCUT2D eigenvalue weighted by atomic mass is 32.2. The van der Waals surface area contributed by atoms with Crippen molar-refractivity contribution in [3.05, 3.63) is 83.4 Å².